The number of ether oxygens (including phenoxy) is 2. The average Bonchev–Trinajstić information content (AvgIpc) is 2.40. The van der Waals surface area contributed by atoms with Gasteiger partial charge in [-0.2, -0.15) is 0 Å². The Hall–Kier alpha value is -0.570. The number of hydrogen-bond donors (Lipinski definition) is 0. The molecule has 112 valence electrons. The molecule has 6 atom stereocenters. The van der Waals surface area contributed by atoms with Crippen molar-refractivity contribution in [1.29, 1.82) is 0 Å². The van der Waals surface area contributed by atoms with Crippen LogP contribution in [0.5, 0.6) is 0 Å². The highest BCUT2D eigenvalue weighted by Crippen LogP contribution is 2.41. The van der Waals surface area contributed by atoms with Gasteiger partial charge in [-0.1, -0.05) is 41.0 Å². The van der Waals surface area contributed by atoms with Crippen LogP contribution in [-0.2, 0) is 14.3 Å². The molecule has 0 amide bonds. The molecule has 0 aromatic rings. The minimum Gasteiger partial charge on any atom is -0.467 e. The van der Waals surface area contributed by atoms with E-state index in [4.69, 9.17) is 9.47 Å². The molecule has 3 heteroatoms. The van der Waals surface area contributed by atoms with E-state index in [9.17, 15) is 4.79 Å². The fourth-order valence-electron chi connectivity index (χ4n) is 3.21. The fraction of sp³-hybridized carbons (Fsp3) is 0.938. The van der Waals surface area contributed by atoms with Crippen LogP contribution in [0.3, 0.4) is 0 Å². The van der Waals surface area contributed by atoms with Gasteiger partial charge in [-0.25, -0.2) is 4.79 Å². The molecule has 0 bridgehead atoms. The van der Waals surface area contributed by atoms with Crippen molar-refractivity contribution in [2.45, 2.75) is 66.1 Å². The molecule has 0 saturated carbocycles. The maximum Gasteiger partial charge on any atom is 0.337 e. The SMILES string of the molecule is CC[C@@H](C)[C@@H](C)C1OC(C)(C(=O)OC)CC(C)C1C. The minimum absolute atomic E-state index is 0.128. The smallest absolute Gasteiger partial charge is 0.337 e. The summed E-state index contributed by atoms with van der Waals surface area (Å²) in [7, 11) is 1.44. The number of rotatable bonds is 4. The van der Waals surface area contributed by atoms with Crippen LogP contribution >= 0.6 is 0 Å². The van der Waals surface area contributed by atoms with Gasteiger partial charge in [0.1, 0.15) is 0 Å². The highest BCUT2D eigenvalue weighted by atomic mass is 16.6. The van der Waals surface area contributed by atoms with Crippen molar-refractivity contribution in [3.8, 4) is 0 Å². The lowest BCUT2D eigenvalue weighted by Gasteiger charge is -2.47. The van der Waals surface area contributed by atoms with Crippen molar-refractivity contribution in [3.63, 3.8) is 0 Å². The molecule has 0 aliphatic carbocycles. The van der Waals surface area contributed by atoms with Crippen LogP contribution in [0.25, 0.3) is 0 Å². The Morgan fingerprint density at radius 1 is 1.42 bits per heavy atom. The molecule has 1 aliphatic rings. The van der Waals surface area contributed by atoms with E-state index in [1.54, 1.807) is 0 Å². The summed E-state index contributed by atoms with van der Waals surface area (Å²) in [6, 6.07) is 0. The third-order valence-corrected chi connectivity index (χ3v) is 5.20. The molecule has 1 heterocycles. The molecule has 1 fully saturated rings. The number of methoxy groups -OCH3 is 1. The topological polar surface area (TPSA) is 35.5 Å². The molecular formula is C16H30O3. The predicted octanol–water partition coefficient (Wildman–Crippen LogP) is 3.66. The standard InChI is InChI=1S/C16H30O3/c1-8-10(2)12(4)14-13(5)11(3)9-16(6,19-14)15(17)18-7/h10-14H,8-9H2,1-7H3/t10-,11?,12-,13?,14?,16?/m1/s1. The van der Waals surface area contributed by atoms with E-state index in [0.29, 0.717) is 23.7 Å². The Morgan fingerprint density at radius 3 is 2.47 bits per heavy atom. The molecular weight excluding hydrogens is 240 g/mol. The average molecular weight is 270 g/mol. The maximum absolute atomic E-state index is 12.0. The molecule has 19 heavy (non-hydrogen) atoms. The maximum atomic E-state index is 12.0. The lowest BCUT2D eigenvalue weighted by atomic mass is 9.72. The summed E-state index contributed by atoms with van der Waals surface area (Å²) in [5.41, 5.74) is -0.785. The number of carbonyl (C=O) groups is 1. The van der Waals surface area contributed by atoms with E-state index < -0.39 is 5.60 Å². The van der Waals surface area contributed by atoms with Gasteiger partial charge in [-0.15, -0.1) is 0 Å². The van der Waals surface area contributed by atoms with Crippen molar-refractivity contribution in [2.24, 2.45) is 23.7 Å². The summed E-state index contributed by atoms with van der Waals surface area (Å²) in [5, 5.41) is 0. The quantitative estimate of drug-likeness (QED) is 0.731. The first-order valence-electron chi connectivity index (χ1n) is 7.53. The molecule has 1 rings (SSSR count). The van der Waals surface area contributed by atoms with Crippen LogP contribution in [0.1, 0.15) is 54.4 Å². The minimum atomic E-state index is -0.785. The number of esters is 1. The molecule has 4 unspecified atom stereocenters. The Bertz CT molecular complexity index is 315. The van der Waals surface area contributed by atoms with Crippen LogP contribution in [0, 0.1) is 23.7 Å². The van der Waals surface area contributed by atoms with E-state index in [-0.39, 0.29) is 12.1 Å². The summed E-state index contributed by atoms with van der Waals surface area (Å²) < 4.78 is 11.1. The fourth-order valence-corrected chi connectivity index (χ4v) is 3.21. The second-order valence-electron chi connectivity index (χ2n) is 6.59. The number of hydrogen-bond acceptors (Lipinski definition) is 3. The van der Waals surface area contributed by atoms with E-state index in [0.717, 1.165) is 12.8 Å². The van der Waals surface area contributed by atoms with Crippen molar-refractivity contribution in [2.75, 3.05) is 7.11 Å². The highest BCUT2D eigenvalue weighted by molar-refractivity contribution is 5.79. The van der Waals surface area contributed by atoms with Crippen LogP contribution in [0.2, 0.25) is 0 Å². The molecule has 0 radical (unpaired) electrons. The highest BCUT2D eigenvalue weighted by Gasteiger charge is 2.48. The van der Waals surface area contributed by atoms with E-state index >= 15 is 0 Å². The largest absolute Gasteiger partial charge is 0.467 e. The van der Waals surface area contributed by atoms with Crippen molar-refractivity contribution in [3.05, 3.63) is 0 Å². The zero-order chi connectivity index (χ0) is 14.8. The summed E-state index contributed by atoms with van der Waals surface area (Å²) in [6.45, 7) is 13.0. The Labute approximate surface area is 118 Å². The van der Waals surface area contributed by atoms with Crippen molar-refractivity contribution >= 4 is 5.97 Å². The second-order valence-corrected chi connectivity index (χ2v) is 6.59. The van der Waals surface area contributed by atoms with Gasteiger partial charge in [0, 0.05) is 0 Å². The summed E-state index contributed by atoms with van der Waals surface area (Å²) in [4.78, 5) is 12.0. The van der Waals surface area contributed by atoms with E-state index in [1.165, 1.54) is 7.11 Å². The lowest BCUT2D eigenvalue weighted by molar-refractivity contribution is -0.208. The van der Waals surface area contributed by atoms with Crippen LogP contribution in [0.4, 0.5) is 0 Å². The third kappa shape index (κ3) is 3.31. The molecule has 1 saturated heterocycles. The van der Waals surface area contributed by atoms with E-state index in [2.05, 4.69) is 34.6 Å². The van der Waals surface area contributed by atoms with Crippen molar-refractivity contribution < 1.29 is 14.3 Å². The monoisotopic (exact) mass is 270 g/mol. The van der Waals surface area contributed by atoms with Crippen molar-refractivity contribution in [1.82, 2.24) is 0 Å². The normalized spacial score (nSPS) is 38.6. The Kier molecular flexibility index (Phi) is 5.43. The van der Waals surface area contributed by atoms with Gasteiger partial charge >= 0.3 is 5.97 Å². The lowest BCUT2D eigenvalue weighted by Crippen LogP contribution is -2.53. The third-order valence-electron chi connectivity index (χ3n) is 5.20. The first kappa shape index (κ1) is 16.5. The zero-order valence-electron chi connectivity index (χ0n) is 13.5. The molecule has 0 aromatic heterocycles. The molecule has 0 N–H and O–H groups in total. The molecule has 1 aliphatic heterocycles. The van der Waals surface area contributed by atoms with Gasteiger partial charge < -0.3 is 9.47 Å². The van der Waals surface area contributed by atoms with Gasteiger partial charge in [-0.3, -0.25) is 0 Å². The first-order valence-corrected chi connectivity index (χ1v) is 7.53. The Morgan fingerprint density at radius 2 is 2.00 bits per heavy atom. The molecule has 3 nitrogen and oxygen atoms in total. The van der Waals surface area contributed by atoms with Gasteiger partial charge in [-0.05, 0) is 37.0 Å². The van der Waals surface area contributed by atoms with Gasteiger partial charge in [0.05, 0.1) is 13.2 Å². The Balaban J connectivity index is 2.94. The van der Waals surface area contributed by atoms with Gasteiger partial charge in [0.15, 0.2) is 5.60 Å². The molecule has 0 aromatic carbocycles. The summed E-state index contributed by atoms with van der Waals surface area (Å²) >= 11 is 0. The van der Waals surface area contributed by atoms with Gasteiger partial charge in [0.25, 0.3) is 0 Å². The second kappa shape index (κ2) is 6.25. The summed E-state index contributed by atoms with van der Waals surface area (Å²) in [5.74, 6) is 1.75. The first-order chi connectivity index (χ1) is 8.76. The zero-order valence-corrected chi connectivity index (χ0v) is 13.5. The van der Waals surface area contributed by atoms with Crippen LogP contribution < -0.4 is 0 Å². The van der Waals surface area contributed by atoms with Crippen LogP contribution in [-0.4, -0.2) is 24.8 Å². The molecule has 0 spiro atoms. The van der Waals surface area contributed by atoms with Crippen LogP contribution in [0.15, 0.2) is 0 Å². The predicted molar refractivity (Wildman–Crippen MR) is 76.9 cm³/mol. The number of carbonyl (C=O) groups excluding carboxylic acids is 1. The van der Waals surface area contributed by atoms with Gasteiger partial charge in [0.2, 0.25) is 0 Å². The van der Waals surface area contributed by atoms with E-state index in [1.807, 2.05) is 6.92 Å². The summed E-state index contributed by atoms with van der Waals surface area (Å²) in [6.07, 6.45) is 2.00.